The van der Waals surface area contributed by atoms with E-state index in [0.717, 1.165) is 32.9 Å². The van der Waals surface area contributed by atoms with Gasteiger partial charge in [-0.2, -0.15) is 0 Å². The van der Waals surface area contributed by atoms with Crippen molar-refractivity contribution in [3.8, 4) is 11.8 Å². The summed E-state index contributed by atoms with van der Waals surface area (Å²) in [6.07, 6.45) is 14.7. The van der Waals surface area contributed by atoms with Crippen molar-refractivity contribution >= 4 is 80.7 Å². The topological polar surface area (TPSA) is 9.86 Å². The Balaban J connectivity index is 0.000000159. The van der Waals surface area contributed by atoms with Crippen LogP contribution in [0.25, 0.3) is 43.6 Å². The number of fused-ring (bicyclic) bond motifs is 6. The first-order valence-corrected chi connectivity index (χ1v) is 23.2. The van der Waals surface area contributed by atoms with E-state index in [0.29, 0.717) is 0 Å². The zero-order valence-corrected chi connectivity index (χ0v) is 39.5. The van der Waals surface area contributed by atoms with Crippen molar-refractivity contribution in [2.45, 2.75) is 0 Å². The summed E-state index contributed by atoms with van der Waals surface area (Å²) in [5.74, 6) is 6.27. The van der Waals surface area contributed by atoms with Crippen LogP contribution in [0.15, 0.2) is 206 Å². The van der Waals surface area contributed by atoms with Crippen LogP contribution in [0.4, 0.5) is 0 Å². The van der Waals surface area contributed by atoms with Crippen molar-refractivity contribution in [1.29, 1.82) is 0 Å². The largest absolute Gasteiger partial charge is 1.00 e. The summed E-state index contributed by atoms with van der Waals surface area (Å²) in [7, 11) is 2.41. The first kappa shape index (κ1) is 45.4. The second kappa shape index (κ2) is 21.6. The van der Waals surface area contributed by atoms with Gasteiger partial charge in [-0.3, -0.25) is 11.8 Å². The fraction of sp³-hybridized carbons (Fsp3) is 0.0545. The van der Waals surface area contributed by atoms with Crippen LogP contribution >= 0.6 is 15.8 Å². The van der Waals surface area contributed by atoms with Crippen molar-refractivity contribution in [1.82, 2.24) is 9.13 Å². The molecule has 0 atom stereocenters. The number of benzene rings is 8. The predicted octanol–water partition coefficient (Wildman–Crippen LogP) is 11.2. The molecule has 0 bridgehead atoms. The molecule has 0 aliphatic carbocycles. The molecule has 0 N–H and O–H groups in total. The molecule has 304 valence electrons. The number of para-hydroxylation sites is 2. The Morgan fingerprint density at radius 3 is 0.967 bits per heavy atom. The third-order valence-corrected chi connectivity index (χ3v) is 17.9. The summed E-state index contributed by atoms with van der Waals surface area (Å²) in [4.78, 5) is 0. The molecule has 0 saturated heterocycles. The molecule has 61 heavy (non-hydrogen) atoms. The molecule has 8 aromatic carbocycles. The molecular formula is C55H44AgAuN2P2+2. The van der Waals surface area contributed by atoms with Gasteiger partial charge >= 0.3 is 44.8 Å². The van der Waals surface area contributed by atoms with Gasteiger partial charge in [-0.25, -0.2) is 0 Å². The Kier molecular flexibility index (Phi) is 16.0. The average molecular weight is 1100 g/mol. The van der Waals surface area contributed by atoms with Crippen LogP contribution in [0.1, 0.15) is 11.1 Å². The normalized spacial score (nSPS) is 10.5. The number of hydrogen-bond acceptors (Lipinski definition) is 0. The van der Waals surface area contributed by atoms with E-state index in [9.17, 15) is 0 Å². The molecule has 0 aliphatic heterocycles. The smallest absolute Gasteiger partial charge is 0.366 e. The van der Waals surface area contributed by atoms with Gasteiger partial charge in [0.05, 0.1) is 0 Å². The summed E-state index contributed by atoms with van der Waals surface area (Å²) in [5.41, 5.74) is 6.40. The van der Waals surface area contributed by atoms with E-state index in [1.165, 1.54) is 48.9 Å². The van der Waals surface area contributed by atoms with Crippen LogP contribution in [0.2, 0.25) is 0 Å². The molecule has 0 amide bonds. The van der Waals surface area contributed by atoms with Gasteiger partial charge in [-0.05, 0) is 83.6 Å². The number of aryl methyl sites for hydroxylation is 2. The molecule has 2 nitrogen and oxygen atoms in total. The van der Waals surface area contributed by atoms with Gasteiger partial charge in [0, 0.05) is 36.2 Å². The monoisotopic (exact) mass is 1100 g/mol. The molecule has 0 saturated carbocycles. The van der Waals surface area contributed by atoms with E-state index in [1.54, 1.807) is 0 Å². The Labute approximate surface area is 393 Å². The van der Waals surface area contributed by atoms with Crippen LogP contribution in [0.5, 0.6) is 0 Å². The van der Waals surface area contributed by atoms with Gasteiger partial charge in [-0.1, -0.05) is 132 Å². The summed E-state index contributed by atoms with van der Waals surface area (Å²) in [6, 6.07) is 72.9. The van der Waals surface area contributed by atoms with Crippen LogP contribution in [0, 0.1) is 24.7 Å². The van der Waals surface area contributed by atoms with E-state index < -0.39 is 15.8 Å². The minimum absolute atomic E-state index is 0. The van der Waals surface area contributed by atoms with Crippen LogP contribution < -0.4 is 21.2 Å². The fourth-order valence-electron chi connectivity index (χ4n) is 8.10. The van der Waals surface area contributed by atoms with Crippen molar-refractivity contribution in [3.05, 3.63) is 230 Å². The van der Waals surface area contributed by atoms with E-state index in [1.807, 2.05) is 48.5 Å². The van der Waals surface area contributed by atoms with Gasteiger partial charge in [0.25, 0.3) is 0 Å². The van der Waals surface area contributed by atoms with E-state index in [4.69, 9.17) is 12.8 Å². The molecular weight excluding hydrogens is 1060 g/mol. The molecule has 0 spiro atoms. The Morgan fingerprint density at radius 1 is 0.377 bits per heavy atom. The van der Waals surface area contributed by atoms with Crippen molar-refractivity contribution in [2.75, 3.05) is 5.90 Å². The summed E-state index contributed by atoms with van der Waals surface area (Å²) < 4.78 is 4.32. The minimum Gasteiger partial charge on any atom is -0.366 e. The maximum Gasteiger partial charge on any atom is 1.00 e. The molecule has 0 fully saturated rings. The van der Waals surface area contributed by atoms with Gasteiger partial charge in [0.15, 0.2) is 5.90 Å². The Bertz CT molecular complexity index is 2790. The minimum atomic E-state index is -0.847. The quantitative estimate of drug-likeness (QED) is 0.0680. The first-order valence-electron chi connectivity index (χ1n) is 19.8. The first-order chi connectivity index (χ1) is 29.1. The van der Waals surface area contributed by atoms with Crippen molar-refractivity contribution < 1.29 is 44.8 Å². The molecule has 10 aromatic rings. The maximum atomic E-state index is 7.35. The van der Waals surface area contributed by atoms with Crippen molar-refractivity contribution in [3.63, 3.8) is 0 Å². The Hall–Kier alpha value is -5.18. The van der Waals surface area contributed by atoms with Gasteiger partial charge in [0.1, 0.15) is 37.1 Å². The number of rotatable bonds is 6. The molecule has 0 unspecified atom stereocenters. The SMILES string of the molecule is [Ag+].[Au+].[C-]#Cc1cccc2c1c1ccccc1n2C.[C-]#Cc1cccc2c1c1ccccc1n2C.c1ccc([PH+](C[PH+](c2ccccc2)c2ccccc2)c2ccccc2)cc1. The predicted molar refractivity (Wildman–Crippen MR) is 259 cm³/mol. The van der Waals surface area contributed by atoms with Gasteiger partial charge in [-0.15, -0.1) is 23.3 Å². The Morgan fingerprint density at radius 2 is 0.656 bits per heavy atom. The molecule has 2 aromatic heterocycles. The number of aromatic nitrogens is 2. The van der Waals surface area contributed by atoms with E-state index >= 15 is 0 Å². The third-order valence-electron chi connectivity index (χ3n) is 11.0. The van der Waals surface area contributed by atoms with E-state index in [2.05, 4.69) is 193 Å². The maximum absolute atomic E-state index is 7.35. The number of hydrogen-bond donors (Lipinski definition) is 0. The molecule has 0 radical (unpaired) electrons. The van der Waals surface area contributed by atoms with Crippen LogP contribution in [-0.2, 0) is 58.9 Å². The third kappa shape index (κ3) is 9.82. The summed E-state index contributed by atoms with van der Waals surface area (Å²) in [6.45, 7) is 0. The zero-order chi connectivity index (χ0) is 40.6. The summed E-state index contributed by atoms with van der Waals surface area (Å²) >= 11 is 0. The van der Waals surface area contributed by atoms with Crippen LogP contribution in [-0.4, -0.2) is 15.0 Å². The number of nitrogens with zero attached hydrogens (tertiary/aromatic N) is 2. The molecule has 6 heteroatoms. The fourth-order valence-corrected chi connectivity index (χ4v) is 15.8. The molecule has 2 heterocycles. The standard InChI is InChI=1S/C25H22P2.2C15H10N.Ag.Au/c1-5-13-22(14-6-1)26(23-15-7-2-8-16-23)21-27(24-17-9-3-10-18-24)25-19-11-4-12-20-25;2*1-3-11-7-6-10-14-15(11)12-8-4-5-9-13(12)16(14)2;;/h1-20H,21H2;2*4-10H,2H3;;/q;2*-1;2*+1/p+2. The van der Waals surface area contributed by atoms with Crippen molar-refractivity contribution in [2.24, 2.45) is 14.1 Å². The second-order valence-corrected chi connectivity index (χ2v) is 20.0. The van der Waals surface area contributed by atoms with Gasteiger partial charge in [0.2, 0.25) is 0 Å². The van der Waals surface area contributed by atoms with Crippen LogP contribution in [0.3, 0.4) is 0 Å². The molecule has 10 rings (SSSR count). The van der Waals surface area contributed by atoms with E-state index in [-0.39, 0.29) is 44.8 Å². The zero-order valence-electron chi connectivity index (χ0n) is 33.8. The second-order valence-electron chi connectivity index (χ2n) is 14.4. The van der Waals surface area contributed by atoms with Gasteiger partial charge < -0.3 is 22.0 Å². The molecule has 0 aliphatic rings. The average Bonchev–Trinajstić information content (AvgIpc) is 3.78. The summed E-state index contributed by atoms with van der Waals surface area (Å²) in [5, 5.41) is 10.6.